The van der Waals surface area contributed by atoms with Gasteiger partial charge in [0, 0.05) is 25.7 Å². The molecule has 2 amide bonds. The molecule has 4 nitrogen and oxygen atoms in total. The molecule has 1 atom stereocenters. The summed E-state index contributed by atoms with van der Waals surface area (Å²) in [6.45, 7) is 1.98. The molecule has 0 aliphatic heterocycles. The van der Waals surface area contributed by atoms with E-state index in [0.717, 1.165) is 12.8 Å². The van der Waals surface area contributed by atoms with Gasteiger partial charge in [-0.2, -0.15) is 0 Å². The molecule has 1 saturated carbocycles. The minimum Gasteiger partial charge on any atom is -0.345 e. The van der Waals surface area contributed by atoms with E-state index in [4.69, 9.17) is 11.6 Å². The lowest BCUT2D eigenvalue weighted by Gasteiger charge is -2.18. The molecule has 0 bridgehead atoms. The van der Waals surface area contributed by atoms with Gasteiger partial charge in [-0.25, -0.2) is 0 Å². The lowest BCUT2D eigenvalue weighted by atomic mass is 9.92. The van der Waals surface area contributed by atoms with Gasteiger partial charge in [-0.15, -0.1) is 0 Å². The van der Waals surface area contributed by atoms with Crippen LogP contribution in [0, 0.1) is 11.8 Å². The Morgan fingerprint density at radius 2 is 1.91 bits per heavy atom. The molecule has 1 fully saturated rings. The second kappa shape index (κ2) is 7.14. The molecule has 0 spiro atoms. The molecule has 120 valence electrons. The van der Waals surface area contributed by atoms with Crippen LogP contribution in [0.15, 0.2) is 18.2 Å². The van der Waals surface area contributed by atoms with Gasteiger partial charge in [-0.3, -0.25) is 9.59 Å². The van der Waals surface area contributed by atoms with E-state index < -0.39 is 0 Å². The van der Waals surface area contributed by atoms with Crippen LogP contribution >= 0.6 is 11.6 Å². The Hall–Kier alpha value is -1.55. The van der Waals surface area contributed by atoms with Crippen molar-refractivity contribution in [2.75, 3.05) is 19.4 Å². The maximum atomic E-state index is 12.3. The third kappa shape index (κ3) is 3.80. The third-order valence-electron chi connectivity index (χ3n) is 4.39. The van der Waals surface area contributed by atoms with Gasteiger partial charge in [-0.05, 0) is 37.0 Å². The Balaban J connectivity index is 2.05. The van der Waals surface area contributed by atoms with Gasteiger partial charge in [0.2, 0.25) is 5.91 Å². The summed E-state index contributed by atoms with van der Waals surface area (Å²) in [5.41, 5.74) is 1.07. The normalized spacial score (nSPS) is 16.4. The van der Waals surface area contributed by atoms with Crippen LogP contribution < -0.4 is 5.32 Å². The average molecular weight is 323 g/mol. The van der Waals surface area contributed by atoms with Crippen LogP contribution in [-0.4, -0.2) is 30.8 Å². The van der Waals surface area contributed by atoms with Crippen LogP contribution in [-0.2, 0) is 4.79 Å². The van der Waals surface area contributed by atoms with Crippen molar-refractivity contribution in [2.24, 2.45) is 11.8 Å². The first-order valence-electron chi connectivity index (χ1n) is 7.72. The molecular formula is C17H23ClN2O2. The van der Waals surface area contributed by atoms with Gasteiger partial charge < -0.3 is 10.2 Å². The highest BCUT2D eigenvalue weighted by molar-refractivity contribution is 6.34. The summed E-state index contributed by atoms with van der Waals surface area (Å²) in [5.74, 6) is 0.353. The summed E-state index contributed by atoms with van der Waals surface area (Å²) >= 11 is 6.16. The molecular weight excluding hydrogens is 300 g/mol. The largest absolute Gasteiger partial charge is 0.345 e. The van der Waals surface area contributed by atoms with E-state index in [-0.39, 0.29) is 17.7 Å². The third-order valence-corrected chi connectivity index (χ3v) is 4.71. The maximum absolute atomic E-state index is 12.3. The summed E-state index contributed by atoms with van der Waals surface area (Å²) in [7, 11) is 3.36. The molecule has 1 aromatic rings. The molecule has 5 heteroatoms. The molecule has 0 radical (unpaired) electrons. The van der Waals surface area contributed by atoms with Crippen molar-refractivity contribution in [1.29, 1.82) is 0 Å². The molecule has 0 saturated heterocycles. The predicted molar refractivity (Wildman–Crippen MR) is 89.2 cm³/mol. The zero-order valence-electron chi connectivity index (χ0n) is 13.4. The molecule has 1 N–H and O–H groups in total. The summed E-state index contributed by atoms with van der Waals surface area (Å²) in [4.78, 5) is 25.7. The highest BCUT2D eigenvalue weighted by Crippen LogP contribution is 2.32. The van der Waals surface area contributed by atoms with Crippen molar-refractivity contribution in [1.82, 2.24) is 4.90 Å². The minimum atomic E-state index is -0.151. The summed E-state index contributed by atoms with van der Waals surface area (Å²) in [6, 6.07) is 5.01. The standard InChI is InChI=1S/C17H23ClN2O2/c1-11(12-6-4-5-7-12)16(21)19-13-8-9-14(15(18)10-13)17(22)20(2)3/h8-12H,4-7H2,1-3H3,(H,19,21). The fourth-order valence-electron chi connectivity index (χ4n) is 2.93. The average Bonchev–Trinajstić information content (AvgIpc) is 3.00. The zero-order chi connectivity index (χ0) is 16.3. The molecule has 1 aliphatic rings. The number of amides is 2. The van der Waals surface area contributed by atoms with E-state index >= 15 is 0 Å². The van der Waals surface area contributed by atoms with Crippen molar-refractivity contribution in [3.05, 3.63) is 28.8 Å². The van der Waals surface area contributed by atoms with Gasteiger partial charge in [0.05, 0.1) is 10.6 Å². The zero-order valence-corrected chi connectivity index (χ0v) is 14.1. The van der Waals surface area contributed by atoms with Crippen LogP contribution in [0.4, 0.5) is 5.69 Å². The van der Waals surface area contributed by atoms with Crippen molar-refractivity contribution < 1.29 is 9.59 Å². The number of hydrogen-bond donors (Lipinski definition) is 1. The minimum absolute atomic E-state index is 0.00404. The first kappa shape index (κ1) is 16.8. The molecule has 0 aromatic heterocycles. The summed E-state index contributed by atoms with van der Waals surface area (Å²) in [5, 5.41) is 3.26. The Morgan fingerprint density at radius 1 is 1.27 bits per heavy atom. The number of anilines is 1. The number of rotatable bonds is 4. The van der Waals surface area contributed by atoms with Crippen molar-refractivity contribution >= 4 is 29.1 Å². The van der Waals surface area contributed by atoms with Crippen LogP contribution in [0.3, 0.4) is 0 Å². The Bertz CT molecular complexity index is 566. The summed E-state index contributed by atoms with van der Waals surface area (Å²) in [6.07, 6.45) is 4.70. The van der Waals surface area contributed by atoms with E-state index in [9.17, 15) is 9.59 Å². The Labute approximate surface area is 136 Å². The molecule has 1 aromatic carbocycles. The fourth-order valence-corrected chi connectivity index (χ4v) is 3.20. The molecule has 2 rings (SSSR count). The van der Waals surface area contributed by atoms with E-state index in [1.807, 2.05) is 6.92 Å². The smallest absolute Gasteiger partial charge is 0.254 e. The molecule has 1 aliphatic carbocycles. The fraction of sp³-hybridized carbons (Fsp3) is 0.529. The monoisotopic (exact) mass is 322 g/mol. The van der Waals surface area contributed by atoms with Crippen LogP contribution in [0.5, 0.6) is 0 Å². The van der Waals surface area contributed by atoms with Crippen molar-refractivity contribution in [3.63, 3.8) is 0 Å². The quantitative estimate of drug-likeness (QED) is 0.916. The number of nitrogens with one attached hydrogen (secondary N) is 1. The molecule has 22 heavy (non-hydrogen) atoms. The Kier molecular flexibility index (Phi) is 5.46. The first-order valence-corrected chi connectivity index (χ1v) is 8.10. The number of carbonyl (C=O) groups is 2. The van der Waals surface area contributed by atoms with Crippen LogP contribution in [0.25, 0.3) is 0 Å². The lowest BCUT2D eigenvalue weighted by Crippen LogP contribution is -2.26. The Morgan fingerprint density at radius 3 is 2.45 bits per heavy atom. The highest BCUT2D eigenvalue weighted by atomic mass is 35.5. The van der Waals surface area contributed by atoms with E-state index in [1.165, 1.54) is 17.7 Å². The summed E-state index contributed by atoms with van der Waals surface area (Å²) < 4.78 is 0. The second-order valence-electron chi connectivity index (χ2n) is 6.22. The highest BCUT2D eigenvalue weighted by Gasteiger charge is 2.27. The van der Waals surface area contributed by atoms with Crippen molar-refractivity contribution in [3.8, 4) is 0 Å². The number of benzene rings is 1. The second-order valence-corrected chi connectivity index (χ2v) is 6.62. The van der Waals surface area contributed by atoms with E-state index in [0.29, 0.717) is 22.2 Å². The SMILES string of the molecule is CC(C(=O)Nc1ccc(C(=O)N(C)C)c(Cl)c1)C1CCCC1. The van der Waals surface area contributed by atoms with Crippen molar-refractivity contribution in [2.45, 2.75) is 32.6 Å². The predicted octanol–water partition coefficient (Wildman–Crippen LogP) is 3.81. The number of nitrogens with zero attached hydrogens (tertiary/aromatic N) is 1. The van der Waals surface area contributed by atoms with Gasteiger partial charge in [0.15, 0.2) is 0 Å². The molecule has 1 unspecified atom stereocenters. The van der Waals surface area contributed by atoms with Gasteiger partial charge in [0.25, 0.3) is 5.91 Å². The lowest BCUT2D eigenvalue weighted by molar-refractivity contribution is -0.120. The number of hydrogen-bond acceptors (Lipinski definition) is 2. The first-order chi connectivity index (χ1) is 10.4. The van der Waals surface area contributed by atoms with E-state index in [1.54, 1.807) is 32.3 Å². The van der Waals surface area contributed by atoms with Gasteiger partial charge in [-0.1, -0.05) is 31.4 Å². The maximum Gasteiger partial charge on any atom is 0.254 e. The van der Waals surface area contributed by atoms with Crippen LogP contribution in [0.2, 0.25) is 5.02 Å². The number of halogens is 1. The molecule has 0 heterocycles. The number of carbonyl (C=O) groups excluding carboxylic acids is 2. The topological polar surface area (TPSA) is 49.4 Å². The van der Waals surface area contributed by atoms with E-state index in [2.05, 4.69) is 5.32 Å². The van der Waals surface area contributed by atoms with Crippen LogP contribution in [0.1, 0.15) is 43.0 Å². The van der Waals surface area contributed by atoms with Gasteiger partial charge >= 0.3 is 0 Å². The van der Waals surface area contributed by atoms with Gasteiger partial charge in [0.1, 0.15) is 0 Å².